The van der Waals surface area contributed by atoms with E-state index in [-0.39, 0.29) is 10.9 Å². The molecule has 1 amide bonds. The Balaban J connectivity index is 1.66. The molecule has 2 aromatic carbocycles. The average Bonchev–Trinajstić information content (AvgIpc) is 3.10. The zero-order valence-corrected chi connectivity index (χ0v) is 20.0. The summed E-state index contributed by atoms with van der Waals surface area (Å²) in [6.45, 7) is 8.86. The summed E-state index contributed by atoms with van der Waals surface area (Å²) in [7, 11) is -3.57. The fourth-order valence-corrected chi connectivity index (χ4v) is 6.89. The highest BCUT2D eigenvalue weighted by atomic mass is 32.2. The lowest BCUT2D eigenvalue weighted by Gasteiger charge is -2.32. The Bertz CT molecular complexity index is 1340. The predicted molar refractivity (Wildman–Crippen MR) is 128 cm³/mol. The molecule has 0 radical (unpaired) electrons. The molecule has 0 spiro atoms. The third-order valence-corrected chi connectivity index (χ3v) is 8.87. The summed E-state index contributed by atoms with van der Waals surface area (Å²) >= 11 is 1.45. The number of benzene rings is 2. The lowest BCUT2D eigenvalue weighted by atomic mass is 10.1. The number of rotatable bonds is 5. The molecule has 6 nitrogen and oxygen atoms in total. The number of carbonyl (C=O) groups is 1. The number of hydrogen-bond donors (Lipinski definition) is 0. The maximum atomic E-state index is 13.0. The van der Waals surface area contributed by atoms with Crippen molar-refractivity contribution in [3.8, 4) is 0 Å². The third-order valence-electron chi connectivity index (χ3n) is 5.80. The number of aryl methyl sites for hydroxylation is 1. The Hall–Kier alpha value is -2.55. The zero-order chi connectivity index (χ0) is 22.9. The van der Waals surface area contributed by atoms with Crippen LogP contribution in [-0.2, 0) is 16.6 Å². The minimum atomic E-state index is -3.57. The van der Waals surface area contributed by atoms with Crippen LogP contribution in [0.25, 0.3) is 10.2 Å². The topological polar surface area (TPSA) is 71.7 Å². The molecule has 8 heteroatoms. The molecule has 1 aliphatic rings. The predicted octanol–water partition coefficient (Wildman–Crippen LogP) is 4.50. The van der Waals surface area contributed by atoms with Gasteiger partial charge in [-0.15, -0.1) is 6.58 Å². The summed E-state index contributed by atoms with van der Waals surface area (Å²) in [4.78, 5) is 18.0. The van der Waals surface area contributed by atoms with E-state index in [9.17, 15) is 13.2 Å². The molecule has 168 valence electrons. The fraction of sp³-hybridized carbons (Fsp3) is 0.333. The SMILES string of the molecule is C=CCn1c(=NC(=O)c2ccc(S(=O)(=O)N3CCCCC3C)cc2)sc2cc(C)ccc21. The summed E-state index contributed by atoms with van der Waals surface area (Å²) in [5.41, 5.74) is 2.50. The quantitative estimate of drug-likeness (QED) is 0.517. The van der Waals surface area contributed by atoms with E-state index in [1.54, 1.807) is 22.5 Å². The minimum Gasteiger partial charge on any atom is -0.312 e. The van der Waals surface area contributed by atoms with E-state index < -0.39 is 15.9 Å². The smallest absolute Gasteiger partial charge is 0.279 e. The van der Waals surface area contributed by atoms with Gasteiger partial charge in [-0.05, 0) is 68.7 Å². The van der Waals surface area contributed by atoms with Crippen molar-refractivity contribution in [2.75, 3.05) is 6.54 Å². The van der Waals surface area contributed by atoms with E-state index in [4.69, 9.17) is 0 Å². The van der Waals surface area contributed by atoms with Crippen molar-refractivity contribution in [3.63, 3.8) is 0 Å². The summed E-state index contributed by atoms with van der Waals surface area (Å²) in [5.74, 6) is -0.402. The number of hydrogen-bond acceptors (Lipinski definition) is 4. The van der Waals surface area contributed by atoms with Crippen LogP contribution >= 0.6 is 11.3 Å². The number of amides is 1. The molecule has 1 unspecified atom stereocenters. The largest absolute Gasteiger partial charge is 0.312 e. The standard InChI is InChI=1S/C24H27N3O3S2/c1-4-14-26-21-13-8-17(2)16-22(21)31-24(26)25-23(28)19-9-11-20(12-10-19)32(29,30)27-15-6-5-7-18(27)3/h4,8-13,16,18H,1,5-7,14-15H2,2-3H3. The average molecular weight is 470 g/mol. The van der Waals surface area contributed by atoms with Crippen LogP contribution in [0.1, 0.15) is 42.1 Å². The number of fused-ring (bicyclic) bond motifs is 1. The molecule has 0 bridgehead atoms. The molecule has 2 heterocycles. The molecule has 3 aromatic rings. The van der Waals surface area contributed by atoms with Crippen molar-refractivity contribution in [1.82, 2.24) is 8.87 Å². The molecular weight excluding hydrogens is 442 g/mol. The van der Waals surface area contributed by atoms with E-state index in [1.165, 1.54) is 23.5 Å². The van der Waals surface area contributed by atoms with Crippen molar-refractivity contribution in [1.29, 1.82) is 0 Å². The monoisotopic (exact) mass is 469 g/mol. The Morgan fingerprint density at radius 1 is 1.22 bits per heavy atom. The number of allylic oxidation sites excluding steroid dienone is 1. The normalized spacial score (nSPS) is 18.2. The molecule has 32 heavy (non-hydrogen) atoms. The van der Waals surface area contributed by atoms with Crippen LogP contribution in [0.15, 0.2) is 65.0 Å². The summed E-state index contributed by atoms with van der Waals surface area (Å²) in [6, 6.07) is 12.2. The highest BCUT2D eigenvalue weighted by Gasteiger charge is 2.30. The maximum absolute atomic E-state index is 13.0. The van der Waals surface area contributed by atoms with E-state index in [0.717, 1.165) is 35.0 Å². The molecule has 0 aliphatic carbocycles. The van der Waals surface area contributed by atoms with Gasteiger partial charge in [-0.25, -0.2) is 8.42 Å². The second-order valence-corrected chi connectivity index (χ2v) is 11.1. The molecule has 1 saturated heterocycles. The summed E-state index contributed by atoms with van der Waals surface area (Å²) < 4.78 is 30.6. The number of sulfonamides is 1. The molecule has 1 fully saturated rings. The molecule has 4 rings (SSSR count). The van der Waals surface area contributed by atoms with Crippen LogP contribution < -0.4 is 4.80 Å². The minimum absolute atomic E-state index is 0.0121. The van der Waals surface area contributed by atoms with Gasteiger partial charge in [-0.2, -0.15) is 9.30 Å². The fourth-order valence-electron chi connectivity index (χ4n) is 4.06. The van der Waals surface area contributed by atoms with E-state index in [1.807, 2.05) is 30.5 Å². The molecule has 0 N–H and O–H groups in total. The van der Waals surface area contributed by atoms with Crippen LogP contribution in [0.2, 0.25) is 0 Å². The maximum Gasteiger partial charge on any atom is 0.279 e. The van der Waals surface area contributed by atoms with Gasteiger partial charge in [-0.3, -0.25) is 4.79 Å². The van der Waals surface area contributed by atoms with Gasteiger partial charge < -0.3 is 4.57 Å². The first-order chi connectivity index (χ1) is 15.3. The van der Waals surface area contributed by atoms with Gasteiger partial charge in [0.25, 0.3) is 5.91 Å². The van der Waals surface area contributed by atoms with Gasteiger partial charge in [-0.1, -0.05) is 29.9 Å². The van der Waals surface area contributed by atoms with Gasteiger partial charge >= 0.3 is 0 Å². The van der Waals surface area contributed by atoms with Crippen LogP contribution in [0.4, 0.5) is 0 Å². The highest BCUT2D eigenvalue weighted by molar-refractivity contribution is 7.89. The third kappa shape index (κ3) is 4.35. The Labute approximate surface area is 192 Å². The molecule has 1 aromatic heterocycles. The van der Waals surface area contributed by atoms with E-state index in [2.05, 4.69) is 17.6 Å². The number of thiazole rings is 1. The molecule has 0 saturated carbocycles. The Morgan fingerprint density at radius 3 is 2.66 bits per heavy atom. The van der Waals surface area contributed by atoms with Crippen LogP contribution in [-0.4, -0.2) is 35.8 Å². The highest BCUT2D eigenvalue weighted by Crippen LogP contribution is 2.25. The van der Waals surface area contributed by atoms with Crippen molar-refractivity contribution in [2.24, 2.45) is 4.99 Å². The molecule has 1 atom stereocenters. The Morgan fingerprint density at radius 2 is 1.97 bits per heavy atom. The Kier molecular flexibility index (Phi) is 6.46. The van der Waals surface area contributed by atoms with Crippen molar-refractivity contribution in [3.05, 3.63) is 71.0 Å². The number of carbonyl (C=O) groups excluding carboxylic acids is 1. The van der Waals surface area contributed by atoms with Gasteiger partial charge in [0, 0.05) is 24.7 Å². The first kappa shape index (κ1) is 22.6. The summed E-state index contributed by atoms with van der Waals surface area (Å²) in [6.07, 6.45) is 4.56. The van der Waals surface area contributed by atoms with E-state index in [0.29, 0.717) is 23.5 Å². The molecular formula is C24H27N3O3S2. The van der Waals surface area contributed by atoms with Crippen molar-refractivity contribution >= 4 is 37.5 Å². The number of aromatic nitrogens is 1. The van der Waals surface area contributed by atoms with Gasteiger partial charge in [0.15, 0.2) is 4.80 Å². The zero-order valence-electron chi connectivity index (χ0n) is 18.3. The van der Waals surface area contributed by atoms with Crippen molar-refractivity contribution < 1.29 is 13.2 Å². The first-order valence-corrected chi connectivity index (χ1v) is 13.0. The first-order valence-electron chi connectivity index (χ1n) is 10.7. The number of piperidine rings is 1. The van der Waals surface area contributed by atoms with Gasteiger partial charge in [0.05, 0.1) is 15.1 Å². The van der Waals surface area contributed by atoms with Gasteiger partial charge in [0.1, 0.15) is 0 Å². The van der Waals surface area contributed by atoms with Gasteiger partial charge in [0.2, 0.25) is 10.0 Å². The molecule has 1 aliphatic heterocycles. The summed E-state index contributed by atoms with van der Waals surface area (Å²) in [5, 5.41) is 0. The number of nitrogens with zero attached hydrogens (tertiary/aromatic N) is 3. The van der Waals surface area contributed by atoms with Crippen LogP contribution in [0.3, 0.4) is 0 Å². The van der Waals surface area contributed by atoms with Crippen LogP contribution in [0, 0.1) is 6.92 Å². The lowest BCUT2D eigenvalue weighted by molar-refractivity contribution is 0.0997. The van der Waals surface area contributed by atoms with E-state index >= 15 is 0 Å². The van der Waals surface area contributed by atoms with Crippen LogP contribution in [0.5, 0.6) is 0 Å². The van der Waals surface area contributed by atoms with Crippen molar-refractivity contribution in [2.45, 2.75) is 50.6 Å². The lowest BCUT2D eigenvalue weighted by Crippen LogP contribution is -2.41. The second kappa shape index (κ2) is 9.13. The second-order valence-electron chi connectivity index (χ2n) is 8.16.